The van der Waals surface area contributed by atoms with Gasteiger partial charge < -0.3 is 9.47 Å². The van der Waals surface area contributed by atoms with Crippen molar-refractivity contribution in [3.8, 4) is 5.75 Å². The smallest absolute Gasteiger partial charge is 0.203 e. The fourth-order valence-electron chi connectivity index (χ4n) is 4.75. The van der Waals surface area contributed by atoms with Crippen molar-refractivity contribution in [2.24, 2.45) is 5.10 Å². The van der Waals surface area contributed by atoms with Crippen LogP contribution in [0.4, 0.5) is 0 Å². The lowest BCUT2D eigenvalue weighted by atomic mass is 9.86. The average Bonchev–Trinajstić information content (AvgIpc) is 3.09. The minimum absolute atomic E-state index is 0.187. The summed E-state index contributed by atoms with van der Waals surface area (Å²) in [5.41, 5.74) is 4.09. The van der Waals surface area contributed by atoms with Crippen LogP contribution in [0.15, 0.2) is 52.0 Å². The summed E-state index contributed by atoms with van der Waals surface area (Å²) >= 11 is 3.63. The molecule has 28 heavy (non-hydrogen) atoms. The van der Waals surface area contributed by atoms with Gasteiger partial charge in [0.05, 0.1) is 24.0 Å². The molecule has 0 bridgehead atoms. The molecule has 2 unspecified atom stereocenters. The van der Waals surface area contributed by atoms with Gasteiger partial charge >= 0.3 is 0 Å². The van der Waals surface area contributed by atoms with Crippen molar-refractivity contribution in [2.45, 2.75) is 57.4 Å². The fourth-order valence-corrected chi connectivity index (χ4v) is 5.13. The lowest BCUT2D eigenvalue weighted by Gasteiger charge is -2.52. The SMILES string of the molecule is Cc1ccc(C2=NN3C(C2)c2cc(Br)ccc2OC32CCOC(C)(C)C2)cc1. The van der Waals surface area contributed by atoms with Crippen molar-refractivity contribution in [1.82, 2.24) is 5.01 Å². The standard InChI is InChI=1S/C23H25BrN2O2/c1-15-4-6-16(7-5-15)19-13-20-18-12-17(24)8-9-21(18)28-23(26(20)25-19)10-11-27-22(2,3)14-23/h4-9,12,20H,10-11,13-14H2,1-3H3. The van der Waals surface area contributed by atoms with Gasteiger partial charge in [0.1, 0.15) is 5.75 Å². The Labute approximate surface area is 174 Å². The molecule has 2 aromatic carbocycles. The van der Waals surface area contributed by atoms with Gasteiger partial charge in [-0.1, -0.05) is 45.8 Å². The Hall–Kier alpha value is -1.85. The van der Waals surface area contributed by atoms with Gasteiger partial charge in [-0.05, 0) is 44.5 Å². The van der Waals surface area contributed by atoms with Crippen LogP contribution in [-0.2, 0) is 4.74 Å². The third-order valence-corrected chi connectivity index (χ3v) is 6.52. The van der Waals surface area contributed by atoms with Gasteiger partial charge in [-0.15, -0.1) is 0 Å². The normalized spacial score (nSPS) is 27.8. The second kappa shape index (κ2) is 6.33. The zero-order valence-corrected chi connectivity index (χ0v) is 18.1. The highest BCUT2D eigenvalue weighted by Gasteiger charge is 2.54. The number of halogens is 1. The number of aryl methyl sites for hydroxylation is 1. The number of fused-ring (bicyclic) bond motifs is 4. The van der Waals surface area contributed by atoms with E-state index in [1.54, 1.807) is 0 Å². The molecule has 1 spiro atoms. The van der Waals surface area contributed by atoms with Crippen LogP contribution >= 0.6 is 15.9 Å². The van der Waals surface area contributed by atoms with Gasteiger partial charge in [-0.3, -0.25) is 0 Å². The van der Waals surface area contributed by atoms with Gasteiger partial charge in [0.15, 0.2) is 0 Å². The Morgan fingerprint density at radius 2 is 1.93 bits per heavy atom. The van der Waals surface area contributed by atoms with E-state index in [-0.39, 0.29) is 11.6 Å². The van der Waals surface area contributed by atoms with Crippen molar-refractivity contribution >= 4 is 21.6 Å². The van der Waals surface area contributed by atoms with Crippen molar-refractivity contribution in [3.05, 3.63) is 63.6 Å². The number of hydrazone groups is 1. The molecular formula is C23H25BrN2O2. The van der Waals surface area contributed by atoms with Gasteiger partial charge in [0.25, 0.3) is 0 Å². The van der Waals surface area contributed by atoms with E-state index in [4.69, 9.17) is 14.6 Å². The molecule has 0 aromatic heterocycles. The number of rotatable bonds is 1. The molecule has 5 heteroatoms. The molecule has 0 aliphatic carbocycles. The van der Waals surface area contributed by atoms with E-state index < -0.39 is 5.72 Å². The van der Waals surface area contributed by atoms with Crippen molar-refractivity contribution < 1.29 is 9.47 Å². The Bertz CT molecular complexity index is 954. The first-order chi connectivity index (χ1) is 13.4. The lowest BCUT2D eigenvalue weighted by Crippen LogP contribution is -2.60. The van der Waals surface area contributed by atoms with E-state index >= 15 is 0 Å². The summed E-state index contributed by atoms with van der Waals surface area (Å²) < 4.78 is 13.8. The summed E-state index contributed by atoms with van der Waals surface area (Å²) in [5, 5.41) is 7.37. The highest BCUT2D eigenvalue weighted by Crippen LogP contribution is 2.52. The van der Waals surface area contributed by atoms with E-state index in [1.807, 2.05) is 0 Å². The lowest BCUT2D eigenvalue weighted by molar-refractivity contribution is -0.212. The van der Waals surface area contributed by atoms with Crippen LogP contribution in [0, 0.1) is 6.92 Å². The third kappa shape index (κ3) is 2.96. The van der Waals surface area contributed by atoms with Gasteiger partial charge in [0, 0.05) is 29.3 Å². The Balaban J connectivity index is 1.61. The molecule has 146 valence electrons. The maximum atomic E-state index is 6.69. The maximum absolute atomic E-state index is 6.69. The Morgan fingerprint density at radius 3 is 2.68 bits per heavy atom. The maximum Gasteiger partial charge on any atom is 0.203 e. The molecule has 1 saturated heterocycles. The van der Waals surface area contributed by atoms with Crippen molar-refractivity contribution in [1.29, 1.82) is 0 Å². The summed E-state index contributed by atoms with van der Waals surface area (Å²) in [6.07, 6.45) is 2.49. The van der Waals surface area contributed by atoms with E-state index in [9.17, 15) is 0 Å². The van der Waals surface area contributed by atoms with Crippen LogP contribution in [0.5, 0.6) is 5.75 Å². The van der Waals surface area contributed by atoms with Gasteiger partial charge in [-0.25, -0.2) is 5.01 Å². The van der Waals surface area contributed by atoms with E-state index in [1.165, 1.54) is 16.7 Å². The van der Waals surface area contributed by atoms with E-state index in [0.29, 0.717) is 6.61 Å². The minimum atomic E-state index is -0.459. The van der Waals surface area contributed by atoms with Gasteiger partial charge in [-0.2, -0.15) is 5.10 Å². The van der Waals surface area contributed by atoms with Crippen molar-refractivity contribution in [3.63, 3.8) is 0 Å². The summed E-state index contributed by atoms with van der Waals surface area (Å²) in [6.45, 7) is 7.08. The Kier molecular flexibility index (Phi) is 4.11. The molecule has 2 aromatic rings. The fraction of sp³-hybridized carbons (Fsp3) is 0.435. The molecule has 3 aliphatic heterocycles. The number of nitrogens with zero attached hydrogens (tertiary/aromatic N) is 2. The van der Waals surface area contributed by atoms with E-state index in [0.717, 1.165) is 35.2 Å². The quantitative estimate of drug-likeness (QED) is 0.579. The second-order valence-corrected chi connectivity index (χ2v) is 9.66. The van der Waals surface area contributed by atoms with Crippen molar-refractivity contribution in [2.75, 3.05) is 6.61 Å². The predicted octanol–water partition coefficient (Wildman–Crippen LogP) is 5.59. The highest BCUT2D eigenvalue weighted by atomic mass is 79.9. The van der Waals surface area contributed by atoms with Crippen LogP contribution in [0.1, 0.15) is 55.8 Å². The number of benzene rings is 2. The molecule has 1 fully saturated rings. The molecule has 3 aliphatic rings. The molecule has 5 rings (SSSR count). The van der Waals surface area contributed by atoms with Crippen LogP contribution in [-0.4, -0.2) is 28.7 Å². The monoisotopic (exact) mass is 440 g/mol. The average molecular weight is 441 g/mol. The molecular weight excluding hydrogens is 416 g/mol. The first kappa shape index (κ1) is 18.2. The zero-order chi connectivity index (χ0) is 19.5. The molecule has 0 saturated carbocycles. The topological polar surface area (TPSA) is 34.1 Å². The minimum Gasteiger partial charge on any atom is -0.466 e. The summed E-state index contributed by atoms with van der Waals surface area (Å²) in [7, 11) is 0. The number of hydrogen-bond donors (Lipinski definition) is 0. The molecule has 0 amide bonds. The third-order valence-electron chi connectivity index (χ3n) is 6.03. The van der Waals surface area contributed by atoms with Crippen LogP contribution < -0.4 is 4.74 Å². The number of hydrogen-bond acceptors (Lipinski definition) is 4. The first-order valence-electron chi connectivity index (χ1n) is 9.92. The molecule has 3 heterocycles. The highest BCUT2D eigenvalue weighted by molar-refractivity contribution is 9.10. The van der Waals surface area contributed by atoms with E-state index in [2.05, 4.69) is 84.2 Å². The van der Waals surface area contributed by atoms with Crippen LogP contribution in [0.25, 0.3) is 0 Å². The molecule has 0 N–H and O–H groups in total. The summed E-state index contributed by atoms with van der Waals surface area (Å²) in [6, 6.07) is 15.2. The first-order valence-corrected chi connectivity index (χ1v) is 10.7. The largest absolute Gasteiger partial charge is 0.466 e. The second-order valence-electron chi connectivity index (χ2n) is 8.74. The Morgan fingerprint density at radius 1 is 1.14 bits per heavy atom. The van der Waals surface area contributed by atoms with Gasteiger partial charge in [0.2, 0.25) is 5.72 Å². The predicted molar refractivity (Wildman–Crippen MR) is 114 cm³/mol. The zero-order valence-electron chi connectivity index (χ0n) is 16.5. The summed E-state index contributed by atoms with van der Waals surface area (Å²) in [4.78, 5) is 0. The van der Waals surface area contributed by atoms with Crippen LogP contribution in [0.2, 0.25) is 0 Å². The molecule has 4 nitrogen and oxygen atoms in total. The molecule has 0 radical (unpaired) electrons. The summed E-state index contributed by atoms with van der Waals surface area (Å²) in [5.74, 6) is 0.975. The number of ether oxygens (including phenoxy) is 2. The molecule has 2 atom stereocenters. The van der Waals surface area contributed by atoms with Crippen LogP contribution in [0.3, 0.4) is 0 Å².